The van der Waals surface area contributed by atoms with Crippen molar-refractivity contribution in [2.75, 3.05) is 32.8 Å². The quantitative estimate of drug-likeness (QED) is 0.274. The van der Waals surface area contributed by atoms with E-state index in [1.54, 1.807) is 12.3 Å². The van der Waals surface area contributed by atoms with E-state index in [9.17, 15) is 19.2 Å². The maximum atomic E-state index is 14.0. The first-order valence-electron chi connectivity index (χ1n) is 15.5. The summed E-state index contributed by atoms with van der Waals surface area (Å²) < 4.78 is 5.87. The minimum atomic E-state index is -0.952. The van der Waals surface area contributed by atoms with Crippen molar-refractivity contribution in [2.24, 2.45) is 5.92 Å². The Labute approximate surface area is 261 Å². The van der Waals surface area contributed by atoms with Crippen molar-refractivity contribution in [1.29, 1.82) is 0 Å². The van der Waals surface area contributed by atoms with Crippen LogP contribution in [-0.2, 0) is 32.0 Å². The van der Waals surface area contributed by atoms with Crippen molar-refractivity contribution in [3.05, 3.63) is 83.9 Å². The van der Waals surface area contributed by atoms with Gasteiger partial charge in [0.2, 0.25) is 17.7 Å². The molecule has 5 N–H and O–H groups in total. The van der Waals surface area contributed by atoms with Crippen molar-refractivity contribution in [3.63, 3.8) is 0 Å². The highest BCUT2D eigenvalue weighted by Crippen LogP contribution is 2.30. The largest absolute Gasteiger partial charge is 0.484 e. The van der Waals surface area contributed by atoms with Crippen LogP contribution < -0.4 is 26.0 Å². The van der Waals surface area contributed by atoms with Gasteiger partial charge in [-0.2, -0.15) is 0 Å². The topological polar surface area (TPSA) is 158 Å². The Morgan fingerprint density at radius 2 is 1.69 bits per heavy atom. The van der Waals surface area contributed by atoms with Gasteiger partial charge < -0.3 is 35.9 Å². The Morgan fingerprint density at radius 1 is 0.867 bits per heavy atom. The third-order valence-electron chi connectivity index (χ3n) is 8.57. The third kappa shape index (κ3) is 8.07. The van der Waals surface area contributed by atoms with Crippen LogP contribution in [0.1, 0.15) is 35.6 Å². The number of rotatable bonds is 6. The van der Waals surface area contributed by atoms with Gasteiger partial charge in [-0.15, -0.1) is 0 Å². The van der Waals surface area contributed by atoms with E-state index in [1.165, 1.54) is 11.2 Å². The predicted octanol–water partition coefficient (Wildman–Crippen LogP) is 0.667. The number of nitrogens with zero attached hydrogens (tertiary/aromatic N) is 2. The molecule has 236 valence electrons. The van der Waals surface area contributed by atoms with Crippen LogP contribution in [-0.4, -0.2) is 89.4 Å². The van der Waals surface area contributed by atoms with Gasteiger partial charge >= 0.3 is 0 Å². The zero-order chi connectivity index (χ0) is 31.2. The maximum absolute atomic E-state index is 14.0. The van der Waals surface area contributed by atoms with E-state index in [1.807, 2.05) is 48.5 Å². The number of aromatic nitrogens is 2. The number of hydrogen-bond acceptors (Lipinski definition) is 7. The number of nitrogens with one attached hydrogen (secondary N) is 5. The molecule has 0 radical (unpaired) electrons. The molecule has 12 nitrogen and oxygen atoms in total. The molecule has 1 saturated heterocycles. The highest BCUT2D eigenvalue weighted by atomic mass is 16.5. The van der Waals surface area contributed by atoms with E-state index in [0.29, 0.717) is 37.5 Å². The molecule has 3 heterocycles. The molecule has 4 atom stereocenters. The molecule has 2 aliphatic heterocycles. The second-order valence-electron chi connectivity index (χ2n) is 12.1. The van der Waals surface area contributed by atoms with Gasteiger partial charge in [-0.1, -0.05) is 42.5 Å². The summed E-state index contributed by atoms with van der Waals surface area (Å²) in [6.07, 6.45) is 5.50. The highest BCUT2D eigenvalue weighted by molar-refractivity contribution is 5.93. The Morgan fingerprint density at radius 3 is 2.47 bits per heavy atom. The summed E-state index contributed by atoms with van der Waals surface area (Å²) in [5, 5.41) is 12.3. The number of hydrogen-bond donors (Lipinski definition) is 5. The average Bonchev–Trinajstić information content (AvgIpc) is 3.48. The van der Waals surface area contributed by atoms with E-state index >= 15 is 0 Å². The van der Waals surface area contributed by atoms with E-state index < -0.39 is 23.9 Å². The van der Waals surface area contributed by atoms with E-state index in [4.69, 9.17) is 4.74 Å². The van der Waals surface area contributed by atoms with Gasteiger partial charge in [-0.3, -0.25) is 19.2 Å². The fourth-order valence-electron chi connectivity index (χ4n) is 6.04. The highest BCUT2D eigenvalue weighted by Gasteiger charge is 2.35. The lowest BCUT2D eigenvalue weighted by molar-refractivity contribution is -0.140. The summed E-state index contributed by atoms with van der Waals surface area (Å²) in [6, 6.07) is 15.0. The van der Waals surface area contributed by atoms with E-state index in [2.05, 4.69) is 31.2 Å². The molecule has 2 bridgehead atoms. The van der Waals surface area contributed by atoms with Crippen LogP contribution in [0.4, 0.5) is 0 Å². The molecule has 4 amide bonds. The number of carbonyl (C=O) groups excluding carboxylic acids is 4. The molecule has 1 aliphatic carbocycles. The van der Waals surface area contributed by atoms with Gasteiger partial charge in [0.05, 0.1) is 12.9 Å². The molecule has 0 unspecified atom stereocenters. The smallest absolute Gasteiger partial charge is 0.258 e. The van der Waals surface area contributed by atoms with Crippen molar-refractivity contribution >= 4 is 23.6 Å². The number of H-pyrrole nitrogens is 1. The number of carbonyl (C=O) groups is 4. The monoisotopic (exact) mass is 613 g/mol. The van der Waals surface area contributed by atoms with Gasteiger partial charge in [0, 0.05) is 56.3 Å². The summed E-state index contributed by atoms with van der Waals surface area (Å²) in [7, 11) is 0. The summed E-state index contributed by atoms with van der Waals surface area (Å²) in [6.45, 7) is 1.08. The van der Waals surface area contributed by atoms with Crippen molar-refractivity contribution < 1.29 is 23.9 Å². The Bertz CT molecular complexity index is 1490. The van der Waals surface area contributed by atoms with Gasteiger partial charge in [0.1, 0.15) is 17.8 Å². The normalized spacial score (nSPS) is 24.8. The lowest BCUT2D eigenvalue weighted by Crippen LogP contribution is -2.56. The third-order valence-corrected chi connectivity index (χ3v) is 8.57. The van der Waals surface area contributed by atoms with Crippen LogP contribution in [0.5, 0.6) is 5.75 Å². The Balaban J connectivity index is 1.31. The first-order chi connectivity index (χ1) is 21.9. The van der Waals surface area contributed by atoms with Crippen LogP contribution >= 0.6 is 0 Å². The number of fused-ring (bicyclic) bond motifs is 4. The van der Waals surface area contributed by atoms with E-state index in [0.717, 1.165) is 24.0 Å². The van der Waals surface area contributed by atoms with Crippen LogP contribution in [0.15, 0.2) is 67.1 Å². The minimum absolute atomic E-state index is 0.0382. The fraction of sp³-hybridized carbons (Fsp3) is 0.424. The SMILES string of the molecule is O=C1CN(CC2CC2)C(=O)[C@H](Cc2cnc[nH]2)NC(=O)COc2cccc(c2)[C@H]2CNC[C@@H]2NC(=O)[C@H](Cc2ccccc2)N1. The second kappa shape index (κ2) is 13.9. The van der Waals surface area contributed by atoms with Gasteiger partial charge in [0.25, 0.3) is 5.91 Å². The summed E-state index contributed by atoms with van der Waals surface area (Å²) in [4.78, 5) is 63.1. The first kappa shape index (κ1) is 30.3. The average molecular weight is 614 g/mol. The summed E-state index contributed by atoms with van der Waals surface area (Å²) in [5.74, 6) is -0.800. The molecule has 12 heteroatoms. The Hall–Kier alpha value is -4.71. The second-order valence-corrected chi connectivity index (χ2v) is 12.1. The zero-order valence-electron chi connectivity index (χ0n) is 25.0. The van der Waals surface area contributed by atoms with Gasteiger partial charge in [-0.05, 0) is 42.0 Å². The standard InChI is InChI=1S/C33H39N7O5/c41-30-18-40(17-22-9-10-22)33(44)28(13-24-14-35-20-36-24)38-31(42)19-45-25-8-4-7-23(12-25)26-15-34-16-29(26)39-32(43)27(37-30)11-21-5-2-1-3-6-21/h1-8,12,14,20,22,26-29,34H,9-11,13,15-19H2,(H,35,36)(H,37,41)(H,38,42)(H,39,43)/t26-,27+,28+,29+/m1/s1. The predicted molar refractivity (Wildman–Crippen MR) is 165 cm³/mol. The molecule has 45 heavy (non-hydrogen) atoms. The fourth-order valence-corrected chi connectivity index (χ4v) is 6.04. The van der Waals surface area contributed by atoms with E-state index in [-0.39, 0.29) is 49.3 Å². The molecule has 2 fully saturated rings. The number of ether oxygens (including phenoxy) is 1. The molecule has 3 aliphatic rings. The number of aromatic amines is 1. The molecular formula is C33H39N7O5. The lowest BCUT2D eigenvalue weighted by Gasteiger charge is -2.29. The van der Waals surface area contributed by atoms with Crippen LogP contribution in [0.3, 0.4) is 0 Å². The van der Waals surface area contributed by atoms with Gasteiger partial charge in [0.15, 0.2) is 6.61 Å². The summed E-state index contributed by atoms with van der Waals surface area (Å²) >= 11 is 0. The van der Waals surface area contributed by atoms with Gasteiger partial charge in [-0.25, -0.2) is 4.98 Å². The molecular weight excluding hydrogens is 574 g/mol. The van der Waals surface area contributed by atoms with Crippen LogP contribution in [0.25, 0.3) is 0 Å². The lowest BCUT2D eigenvalue weighted by atomic mass is 9.93. The zero-order valence-corrected chi connectivity index (χ0v) is 25.0. The maximum Gasteiger partial charge on any atom is 0.258 e. The first-order valence-corrected chi connectivity index (χ1v) is 15.5. The molecule has 1 saturated carbocycles. The number of imidazole rings is 1. The van der Waals surface area contributed by atoms with Crippen molar-refractivity contribution in [1.82, 2.24) is 36.1 Å². The molecule has 6 rings (SSSR count). The molecule has 2 aromatic carbocycles. The Kier molecular flexibility index (Phi) is 9.39. The van der Waals surface area contributed by atoms with Crippen molar-refractivity contribution in [2.45, 2.75) is 49.7 Å². The molecule has 3 aromatic rings. The van der Waals surface area contributed by atoms with Crippen molar-refractivity contribution in [3.8, 4) is 5.75 Å². The number of benzene rings is 2. The minimum Gasteiger partial charge on any atom is -0.484 e. The molecule has 1 aromatic heterocycles. The molecule has 0 spiro atoms. The number of amides is 4. The summed E-state index contributed by atoms with van der Waals surface area (Å²) in [5.41, 5.74) is 2.52. The van der Waals surface area contributed by atoms with Crippen LogP contribution in [0.2, 0.25) is 0 Å². The van der Waals surface area contributed by atoms with Crippen LogP contribution in [0, 0.1) is 5.92 Å².